The molecule has 0 aromatic carbocycles. The highest BCUT2D eigenvalue weighted by atomic mass is 16.5. The van der Waals surface area contributed by atoms with E-state index in [4.69, 9.17) is 9.84 Å². The molecule has 66 valence electrons. The molecule has 0 saturated heterocycles. The zero-order chi connectivity index (χ0) is 8.69. The topological polar surface area (TPSA) is 55.8 Å². The van der Waals surface area contributed by atoms with Crippen LogP contribution in [-0.2, 0) is 14.3 Å². The smallest absolute Gasteiger partial charge is 0.311 e. The second-order valence-corrected chi connectivity index (χ2v) is 2.19. The van der Waals surface area contributed by atoms with Gasteiger partial charge in [0.25, 0.3) is 0 Å². The molecule has 11 heavy (non-hydrogen) atoms. The van der Waals surface area contributed by atoms with E-state index < -0.39 is 0 Å². The van der Waals surface area contributed by atoms with Crippen molar-refractivity contribution in [1.29, 1.82) is 0 Å². The maximum Gasteiger partial charge on any atom is 0.311 e. The Balaban J connectivity index is 3.76. The van der Waals surface area contributed by atoms with Crippen LogP contribution in [-0.4, -0.2) is 38.5 Å². The van der Waals surface area contributed by atoms with Crippen molar-refractivity contribution in [3.8, 4) is 0 Å². The van der Waals surface area contributed by atoms with Gasteiger partial charge in [-0.05, 0) is 6.42 Å². The van der Waals surface area contributed by atoms with Gasteiger partial charge in [-0.3, -0.25) is 4.79 Å². The highest BCUT2D eigenvalue weighted by Gasteiger charge is 2.17. The van der Waals surface area contributed by atoms with E-state index in [0.717, 1.165) is 0 Å². The van der Waals surface area contributed by atoms with Crippen molar-refractivity contribution in [2.75, 3.05) is 27.4 Å². The van der Waals surface area contributed by atoms with Gasteiger partial charge in [-0.25, -0.2) is 0 Å². The van der Waals surface area contributed by atoms with Crippen LogP contribution in [0.3, 0.4) is 0 Å². The Morgan fingerprint density at radius 2 is 2.18 bits per heavy atom. The maximum absolute atomic E-state index is 10.9. The first-order valence-electron chi connectivity index (χ1n) is 3.43. The quantitative estimate of drug-likeness (QED) is 0.569. The van der Waals surface area contributed by atoms with E-state index >= 15 is 0 Å². The van der Waals surface area contributed by atoms with Gasteiger partial charge < -0.3 is 14.6 Å². The SMILES string of the molecule is COCC(CCO)C(=O)OC. The summed E-state index contributed by atoms with van der Waals surface area (Å²) >= 11 is 0. The van der Waals surface area contributed by atoms with Crippen molar-refractivity contribution >= 4 is 5.97 Å². The summed E-state index contributed by atoms with van der Waals surface area (Å²) in [4.78, 5) is 10.9. The van der Waals surface area contributed by atoms with Gasteiger partial charge in [0.1, 0.15) is 0 Å². The summed E-state index contributed by atoms with van der Waals surface area (Å²) in [6, 6.07) is 0. The molecule has 1 atom stereocenters. The Hall–Kier alpha value is -0.610. The van der Waals surface area contributed by atoms with Crippen molar-refractivity contribution in [3.05, 3.63) is 0 Å². The fraction of sp³-hybridized carbons (Fsp3) is 0.857. The van der Waals surface area contributed by atoms with Crippen LogP contribution in [0.4, 0.5) is 0 Å². The average Bonchev–Trinajstić information content (AvgIpc) is 2.03. The van der Waals surface area contributed by atoms with E-state index in [1.807, 2.05) is 0 Å². The minimum absolute atomic E-state index is 0.0247. The first-order valence-corrected chi connectivity index (χ1v) is 3.43. The molecular weight excluding hydrogens is 148 g/mol. The van der Waals surface area contributed by atoms with Crippen molar-refractivity contribution < 1.29 is 19.4 Å². The monoisotopic (exact) mass is 162 g/mol. The third-order valence-corrected chi connectivity index (χ3v) is 1.38. The number of rotatable bonds is 5. The van der Waals surface area contributed by atoms with Crippen molar-refractivity contribution in [3.63, 3.8) is 0 Å². The minimum Gasteiger partial charge on any atom is -0.469 e. The van der Waals surface area contributed by atoms with Gasteiger partial charge in [0.2, 0.25) is 0 Å². The molecule has 0 rings (SSSR count). The molecule has 4 nitrogen and oxygen atoms in total. The number of aliphatic hydroxyl groups is 1. The Labute approximate surface area is 66.1 Å². The molecule has 0 aliphatic rings. The zero-order valence-corrected chi connectivity index (χ0v) is 6.87. The molecular formula is C7H14O4. The molecule has 4 heteroatoms. The fourth-order valence-electron chi connectivity index (χ4n) is 0.793. The lowest BCUT2D eigenvalue weighted by atomic mass is 10.1. The van der Waals surface area contributed by atoms with E-state index in [0.29, 0.717) is 13.0 Å². The third kappa shape index (κ3) is 3.95. The van der Waals surface area contributed by atoms with E-state index in [1.165, 1.54) is 14.2 Å². The molecule has 0 saturated carbocycles. The molecule has 0 aromatic heterocycles. The largest absolute Gasteiger partial charge is 0.469 e. The third-order valence-electron chi connectivity index (χ3n) is 1.38. The van der Waals surface area contributed by atoms with Crippen LogP contribution < -0.4 is 0 Å². The first kappa shape index (κ1) is 10.4. The molecule has 0 aliphatic heterocycles. The molecule has 0 bridgehead atoms. The number of ether oxygens (including phenoxy) is 2. The Morgan fingerprint density at radius 1 is 1.55 bits per heavy atom. The number of esters is 1. The summed E-state index contributed by atoms with van der Waals surface area (Å²) in [7, 11) is 2.83. The number of hydrogen-bond acceptors (Lipinski definition) is 4. The number of carbonyl (C=O) groups is 1. The molecule has 0 spiro atoms. The zero-order valence-electron chi connectivity index (χ0n) is 6.87. The summed E-state index contributed by atoms with van der Waals surface area (Å²) < 4.78 is 9.25. The van der Waals surface area contributed by atoms with Crippen LogP contribution in [0, 0.1) is 5.92 Å². The van der Waals surface area contributed by atoms with Crippen molar-refractivity contribution in [1.82, 2.24) is 0 Å². The molecule has 1 N–H and O–H groups in total. The number of methoxy groups -OCH3 is 2. The number of hydrogen-bond donors (Lipinski definition) is 1. The van der Waals surface area contributed by atoms with Crippen LogP contribution in [0.1, 0.15) is 6.42 Å². The van der Waals surface area contributed by atoms with Crippen molar-refractivity contribution in [2.24, 2.45) is 5.92 Å². The number of carbonyl (C=O) groups excluding carboxylic acids is 1. The highest BCUT2D eigenvalue weighted by molar-refractivity contribution is 5.72. The summed E-state index contributed by atoms with van der Waals surface area (Å²) in [5.74, 6) is -0.670. The summed E-state index contributed by atoms with van der Waals surface area (Å²) in [5.41, 5.74) is 0. The van der Waals surface area contributed by atoms with Gasteiger partial charge in [-0.15, -0.1) is 0 Å². The second kappa shape index (κ2) is 6.12. The van der Waals surface area contributed by atoms with Crippen LogP contribution >= 0.6 is 0 Å². The van der Waals surface area contributed by atoms with Crippen LogP contribution in [0.5, 0.6) is 0 Å². The molecule has 0 amide bonds. The van der Waals surface area contributed by atoms with Gasteiger partial charge in [-0.1, -0.05) is 0 Å². The van der Waals surface area contributed by atoms with Crippen molar-refractivity contribution in [2.45, 2.75) is 6.42 Å². The normalized spacial score (nSPS) is 12.6. The minimum atomic E-state index is -0.338. The predicted molar refractivity (Wildman–Crippen MR) is 39.1 cm³/mol. The van der Waals surface area contributed by atoms with E-state index in [-0.39, 0.29) is 18.5 Å². The lowest BCUT2D eigenvalue weighted by Crippen LogP contribution is -2.22. The van der Waals surface area contributed by atoms with E-state index in [9.17, 15) is 4.79 Å². The Bertz CT molecular complexity index is 107. The van der Waals surface area contributed by atoms with Crippen LogP contribution in [0.15, 0.2) is 0 Å². The van der Waals surface area contributed by atoms with Gasteiger partial charge in [-0.2, -0.15) is 0 Å². The van der Waals surface area contributed by atoms with Crippen LogP contribution in [0.25, 0.3) is 0 Å². The number of aliphatic hydroxyl groups excluding tert-OH is 1. The molecule has 0 radical (unpaired) electrons. The van der Waals surface area contributed by atoms with Gasteiger partial charge in [0.15, 0.2) is 0 Å². The fourth-order valence-corrected chi connectivity index (χ4v) is 0.793. The molecule has 1 unspecified atom stereocenters. The van der Waals surface area contributed by atoms with Crippen LogP contribution in [0.2, 0.25) is 0 Å². The Morgan fingerprint density at radius 3 is 2.55 bits per heavy atom. The molecule has 0 aromatic rings. The lowest BCUT2D eigenvalue weighted by molar-refractivity contribution is -0.147. The first-order chi connectivity index (χ1) is 5.26. The van der Waals surface area contributed by atoms with E-state index in [1.54, 1.807) is 0 Å². The molecule has 0 heterocycles. The Kier molecular flexibility index (Phi) is 5.78. The standard InChI is InChI=1S/C7H14O4/c1-10-5-6(3-4-8)7(9)11-2/h6,8H,3-5H2,1-2H3. The maximum atomic E-state index is 10.9. The van der Waals surface area contributed by atoms with Gasteiger partial charge in [0.05, 0.1) is 19.6 Å². The second-order valence-electron chi connectivity index (χ2n) is 2.19. The predicted octanol–water partition coefficient (Wildman–Crippen LogP) is -0.196. The average molecular weight is 162 g/mol. The molecule has 0 aliphatic carbocycles. The van der Waals surface area contributed by atoms with Gasteiger partial charge in [0, 0.05) is 13.7 Å². The van der Waals surface area contributed by atoms with Gasteiger partial charge >= 0.3 is 5.97 Å². The van der Waals surface area contributed by atoms with E-state index in [2.05, 4.69) is 4.74 Å². The summed E-state index contributed by atoms with van der Waals surface area (Å²) in [6.07, 6.45) is 0.389. The highest BCUT2D eigenvalue weighted by Crippen LogP contribution is 2.04. The summed E-state index contributed by atoms with van der Waals surface area (Å²) in [5, 5.41) is 8.54. The molecule has 0 fully saturated rings. The lowest BCUT2D eigenvalue weighted by Gasteiger charge is -2.10. The summed E-state index contributed by atoms with van der Waals surface area (Å²) in [6.45, 7) is 0.274.